The maximum absolute atomic E-state index is 11.8. The molecule has 106 valence electrons. The smallest absolute Gasteiger partial charge is 0.412 e. The highest BCUT2D eigenvalue weighted by Crippen LogP contribution is 2.23. The quantitative estimate of drug-likeness (QED) is 0.831. The standard InChI is InChI=1S/C13H19BrN2O3/c1-13(2,3)19-12(17)16-11-8-10(14)5-4-9(11)6-7-18-15/h4-5,8H,6-7,15H2,1-3H3,(H,16,17). The molecular formula is C13H19BrN2O3. The average Bonchev–Trinajstić information content (AvgIpc) is 2.25. The van der Waals surface area contributed by atoms with Crippen molar-refractivity contribution in [2.45, 2.75) is 32.8 Å². The fourth-order valence-electron chi connectivity index (χ4n) is 1.47. The first-order chi connectivity index (χ1) is 8.81. The van der Waals surface area contributed by atoms with Crippen LogP contribution in [-0.2, 0) is 16.0 Å². The van der Waals surface area contributed by atoms with E-state index in [0.29, 0.717) is 18.7 Å². The van der Waals surface area contributed by atoms with E-state index in [0.717, 1.165) is 10.0 Å². The molecule has 0 radical (unpaired) electrons. The topological polar surface area (TPSA) is 73.6 Å². The normalized spacial score (nSPS) is 11.2. The van der Waals surface area contributed by atoms with Gasteiger partial charge >= 0.3 is 6.09 Å². The maximum atomic E-state index is 11.8. The molecule has 0 aliphatic rings. The molecule has 0 spiro atoms. The minimum atomic E-state index is -0.531. The maximum Gasteiger partial charge on any atom is 0.412 e. The molecular weight excluding hydrogens is 312 g/mol. The number of rotatable bonds is 4. The monoisotopic (exact) mass is 330 g/mol. The molecule has 0 aromatic heterocycles. The van der Waals surface area contributed by atoms with Crippen molar-refractivity contribution in [2.24, 2.45) is 5.90 Å². The molecule has 0 aliphatic carbocycles. The second kappa shape index (κ2) is 6.88. The SMILES string of the molecule is CC(C)(C)OC(=O)Nc1cc(Br)ccc1CCON. The minimum Gasteiger partial charge on any atom is -0.444 e. The number of carbonyl (C=O) groups is 1. The van der Waals surface area contributed by atoms with E-state index in [1.165, 1.54) is 0 Å². The van der Waals surface area contributed by atoms with Gasteiger partial charge in [-0.3, -0.25) is 5.32 Å². The number of ether oxygens (including phenoxy) is 1. The minimum absolute atomic E-state index is 0.380. The van der Waals surface area contributed by atoms with Gasteiger partial charge in [0, 0.05) is 10.2 Å². The van der Waals surface area contributed by atoms with Crippen LogP contribution in [0.4, 0.5) is 10.5 Å². The zero-order chi connectivity index (χ0) is 14.5. The van der Waals surface area contributed by atoms with Crippen LogP contribution in [0.3, 0.4) is 0 Å². The van der Waals surface area contributed by atoms with E-state index in [-0.39, 0.29) is 0 Å². The third-order valence-corrected chi connectivity index (χ3v) is 2.69. The van der Waals surface area contributed by atoms with Crippen LogP contribution in [0.15, 0.2) is 22.7 Å². The molecule has 6 heteroatoms. The van der Waals surface area contributed by atoms with E-state index in [2.05, 4.69) is 26.1 Å². The number of halogens is 1. The number of carbonyl (C=O) groups excluding carboxylic acids is 1. The van der Waals surface area contributed by atoms with Crippen molar-refractivity contribution in [3.63, 3.8) is 0 Å². The molecule has 0 bridgehead atoms. The molecule has 1 aromatic carbocycles. The first-order valence-corrected chi connectivity index (χ1v) is 6.71. The van der Waals surface area contributed by atoms with E-state index >= 15 is 0 Å². The molecule has 1 rings (SSSR count). The molecule has 0 unspecified atom stereocenters. The lowest BCUT2D eigenvalue weighted by Crippen LogP contribution is -2.27. The molecule has 5 nitrogen and oxygen atoms in total. The van der Waals surface area contributed by atoms with E-state index in [1.54, 1.807) is 0 Å². The van der Waals surface area contributed by atoms with Crippen LogP contribution in [0, 0.1) is 0 Å². The zero-order valence-electron chi connectivity index (χ0n) is 11.3. The Labute approximate surface area is 121 Å². The summed E-state index contributed by atoms with van der Waals surface area (Å²) >= 11 is 3.37. The summed E-state index contributed by atoms with van der Waals surface area (Å²) in [5.74, 6) is 5.02. The highest BCUT2D eigenvalue weighted by atomic mass is 79.9. The Morgan fingerprint density at radius 3 is 2.68 bits per heavy atom. The Bertz CT molecular complexity index is 444. The summed E-state index contributed by atoms with van der Waals surface area (Å²) in [6.45, 7) is 5.83. The molecule has 0 fully saturated rings. The molecule has 3 N–H and O–H groups in total. The van der Waals surface area contributed by atoms with Crippen LogP contribution in [-0.4, -0.2) is 18.3 Å². The lowest BCUT2D eigenvalue weighted by molar-refractivity contribution is 0.0635. The van der Waals surface area contributed by atoms with Gasteiger partial charge in [-0.1, -0.05) is 22.0 Å². The van der Waals surface area contributed by atoms with Gasteiger partial charge in [0.2, 0.25) is 0 Å². The summed E-state index contributed by atoms with van der Waals surface area (Å²) in [5.41, 5.74) is 1.08. The number of nitrogens with one attached hydrogen (secondary N) is 1. The van der Waals surface area contributed by atoms with Crippen LogP contribution in [0.5, 0.6) is 0 Å². The Hall–Kier alpha value is -1.11. The van der Waals surface area contributed by atoms with Crippen molar-refractivity contribution >= 4 is 27.7 Å². The highest BCUT2D eigenvalue weighted by molar-refractivity contribution is 9.10. The third kappa shape index (κ3) is 6.04. The van der Waals surface area contributed by atoms with Gasteiger partial charge in [-0.2, -0.15) is 0 Å². The number of anilines is 1. The predicted octanol–water partition coefficient (Wildman–Crippen LogP) is 3.23. The third-order valence-electron chi connectivity index (χ3n) is 2.20. The molecule has 1 aromatic rings. The van der Waals surface area contributed by atoms with Crippen LogP contribution >= 0.6 is 15.9 Å². The molecule has 0 heterocycles. The second-order valence-electron chi connectivity index (χ2n) is 5.05. The van der Waals surface area contributed by atoms with E-state index in [9.17, 15) is 4.79 Å². The highest BCUT2D eigenvalue weighted by Gasteiger charge is 2.17. The Balaban J connectivity index is 2.80. The molecule has 0 atom stereocenters. The lowest BCUT2D eigenvalue weighted by atomic mass is 10.1. The summed E-state index contributed by atoms with van der Waals surface area (Å²) in [5, 5.41) is 2.73. The van der Waals surface area contributed by atoms with Gasteiger partial charge in [0.05, 0.1) is 6.61 Å². The van der Waals surface area contributed by atoms with Gasteiger partial charge in [0.1, 0.15) is 5.60 Å². The molecule has 0 saturated carbocycles. The summed E-state index contributed by atoms with van der Waals surface area (Å²) in [6.07, 6.45) is 0.120. The number of benzene rings is 1. The van der Waals surface area contributed by atoms with Crippen molar-refractivity contribution in [1.82, 2.24) is 0 Å². The Morgan fingerprint density at radius 1 is 1.42 bits per heavy atom. The summed E-state index contributed by atoms with van der Waals surface area (Å²) in [7, 11) is 0. The summed E-state index contributed by atoms with van der Waals surface area (Å²) in [6, 6.07) is 5.61. The van der Waals surface area contributed by atoms with Crippen LogP contribution in [0.2, 0.25) is 0 Å². The number of hydrogen-bond donors (Lipinski definition) is 2. The van der Waals surface area contributed by atoms with Gasteiger partial charge < -0.3 is 9.57 Å². The lowest BCUT2D eigenvalue weighted by Gasteiger charge is -2.20. The Kier molecular flexibility index (Phi) is 5.78. The van der Waals surface area contributed by atoms with Gasteiger partial charge in [0.15, 0.2) is 0 Å². The molecule has 1 amide bonds. The van der Waals surface area contributed by atoms with Gasteiger partial charge in [-0.15, -0.1) is 0 Å². The Morgan fingerprint density at radius 2 is 2.11 bits per heavy atom. The van der Waals surface area contributed by atoms with Crippen LogP contribution < -0.4 is 11.2 Å². The average molecular weight is 331 g/mol. The van der Waals surface area contributed by atoms with Crippen LogP contribution in [0.25, 0.3) is 0 Å². The van der Waals surface area contributed by atoms with Gasteiger partial charge in [-0.25, -0.2) is 10.7 Å². The number of nitrogens with two attached hydrogens (primary N) is 1. The fourth-order valence-corrected chi connectivity index (χ4v) is 1.83. The zero-order valence-corrected chi connectivity index (χ0v) is 12.9. The van der Waals surface area contributed by atoms with E-state index in [4.69, 9.17) is 10.6 Å². The largest absolute Gasteiger partial charge is 0.444 e. The van der Waals surface area contributed by atoms with E-state index in [1.807, 2.05) is 39.0 Å². The number of hydrogen-bond acceptors (Lipinski definition) is 4. The van der Waals surface area contributed by atoms with Crippen molar-refractivity contribution in [2.75, 3.05) is 11.9 Å². The number of amides is 1. The summed E-state index contributed by atoms with van der Waals surface area (Å²) in [4.78, 5) is 16.3. The molecule has 0 saturated heterocycles. The van der Waals surface area contributed by atoms with Gasteiger partial charge in [-0.05, 0) is 44.9 Å². The fraction of sp³-hybridized carbons (Fsp3) is 0.462. The van der Waals surface area contributed by atoms with Crippen molar-refractivity contribution in [1.29, 1.82) is 0 Å². The molecule has 0 aliphatic heterocycles. The van der Waals surface area contributed by atoms with E-state index < -0.39 is 11.7 Å². The van der Waals surface area contributed by atoms with Crippen molar-refractivity contribution < 1.29 is 14.4 Å². The first-order valence-electron chi connectivity index (χ1n) is 5.92. The van der Waals surface area contributed by atoms with Crippen molar-refractivity contribution in [3.05, 3.63) is 28.2 Å². The first kappa shape index (κ1) is 15.9. The van der Waals surface area contributed by atoms with Crippen molar-refractivity contribution in [3.8, 4) is 0 Å². The molecule has 19 heavy (non-hydrogen) atoms. The predicted molar refractivity (Wildman–Crippen MR) is 77.8 cm³/mol. The van der Waals surface area contributed by atoms with Gasteiger partial charge in [0.25, 0.3) is 0 Å². The van der Waals surface area contributed by atoms with Crippen LogP contribution in [0.1, 0.15) is 26.3 Å². The second-order valence-corrected chi connectivity index (χ2v) is 5.96. The summed E-state index contributed by atoms with van der Waals surface area (Å²) < 4.78 is 6.09.